The largest absolute Gasteiger partial charge is 0.346 e. The minimum Gasteiger partial charge on any atom is -0.346 e. The fourth-order valence-corrected chi connectivity index (χ4v) is 4.07. The molecule has 0 bridgehead atoms. The Kier molecular flexibility index (Phi) is 5.08. The van der Waals surface area contributed by atoms with Crippen LogP contribution in [0.3, 0.4) is 0 Å². The molecule has 0 aliphatic heterocycles. The van der Waals surface area contributed by atoms with Gasteiger partial charge < -0.3 is 11.1 Å². The number of rotatable bonds is 5. The van der Waals surface area contributed by atoms with E-state index in [2.05, 4.69) is 22.4 Å². The summed E-state index contributed by atoms with van der Waals surface area (Å²) in [6.45, 7) is 0.431. The van der Waals surface area contributed by atoms with Gasteiger partial charge in [-0.15, -0.1) is 11.3 Å². The first kappa shape index (κ1) is 16.1. The Morgan fingerprint density at radius 2 is 1.96 bits per heavy atom. The highest BCUT2D eigenvalue weighted by Crippen LogP contribution is 2.37. The molecule has 23 heavy (non-hydrogen) atoms. The number of amides is 1. The van der Waals surface area contributed by atoms with E-state index in [9.17, 15) is 4.79 Å². The van der Waals surface area contributed by atoms with Crippen molar-refractivity contribution in [2.45, 2.75) is 50.6 Å². The monoisotopic (exact) mass is 329 g/mol. The zero-order valence-corrected chi connectivity index (χ0v) is 14.1. The number of carbonyl (C=O) groups excluding carboxylic acids is 1. The van der Waals surface area contributed by atoms with Crippen LogP contribution in [0.1, 0.15) is 48.4 Å². The Balaban J connectivity index is 1.74. The van der Waals surface area contributed by atoms with E-state index in [1.807, 2.05) is 23.6 Å². The van der Waals surface area contributed by atoms with Gasteiger partial charge in [0.2, 0.25) is 5.91 Å². The van der Waals surface area contributed by atoms with Crippen LogP contribution in [0.25, 0.3) is 0 Å². The fraction of sp³-hybridized carbons (Fsp3) is 0.444. The highest BCUT2D eigenvalue weighted by Gasteiger charge is 2.35. The summed E-state index contributed by atoms with van der Waals surface area (Å²) in [5, 5.41) is 6.13. The van der Waals surface area contributed by atoms with Gasteiger partial charge in [0.05, 0.1) is 17.7 Å². The van der Waals surface area contributed by atoms with E-state index in [0.717, 1.165) is 36.4 Å². The molecule has 1 aromatic carbocycles. The van der Waals surface area contributed by atoms with E-state index >= 15 is 0 Å². The highest BCUT2D eigenvalue weighted by atomic mass is 32.1. The predicted octanol–water partition coefficient (Wildman–Crippen LogP) is 3.12. The SMILES string of the molecule is NCc1nc(CC(=O)NC2(c3ccccc3)CCCCC2)cs1. The summed E-state index contributed by atoms with van der Waals surface area (Å²) in [4.78, 5) is 17.0. The van der Waals surface area contributed by atoms with Gasteiger partial charge in [0, 0.05) is 11.9 Å². The highest BCUT2D eigenvalue weighted by molar-refractivity contribution is 7.09. The van der Waals surface area contributed by atoms with E-state index in [1.165, 1.54) is 23.3 Å². The molecular formula is C18H23N3OS. The topological polar surface area (TPSA) is 68.0 Å². The molecule has 3 rings (SSSR count). The van der Waals surface area contributed by atoms with Gasteiger partial charge in [-0.1, -0.05) is 49.6 Å². The molecule has 3 N–H and O–H groups in total. The third kappa shape index (κ3) is 3.79. The van der Waals surface area contributed by atoms with Crippen molar-refractivity contribution >= 4 is 17.2 Å². The first-order valence-electron chi connectivity index (χ1n) is 8.22. The van der Waals surface area contributed by atoms with Crippen LogP contribution in [0, 0.1) is 0 Å². The maximum Gasteiger partial charge on any atom is 0.226 e. The summed E-state index contributed by atoms with van der Waals surface area (Å²) in [6.07, 6.45) is 5.90. The molecule has 1 heterocycles. The molecule has 1 aliphatic carbocycles. The Labute approximate surface area is 141 Å². The van der Waals surface area contributed by atoms with E-state index in [-0.39, 0.29) is 11.4 Å². The molecule has 4 nitrogen and oxygen atoms in total. The fourth-order valence-electron chi connectivity index (χ4n) is 3.40. The molecule has 1 amide bonds. The molecule has 1 fully saturated rings. The van der Waals surface area contributed by atoms with Crippen LogP contribution >= 0.6 is 11.3 Å². The van der Waals surface area contributed by atoms with Gasteiger partial charge in [0.25, 0.3) is 0 Å². The summed E-state index contributed by atoms with van der Waals surface area (Å²) in [7, 11) is 0. The number of hydrogen-bond acceptors (Lipinski definition) is 4. The molecule has 1 aliphatic rings. The zero-order chi connectivity index (χ0) is 16.1. The average molecular weight is 329 g/mol. The van der Waals surface area contributed by atoms with Crippen molar-refractivity contribution in [1.82, 2.24) is 10.3 Å². The summed E-state index contributed by atoms with van der Waals surface area (Å²) in [5.74, 6) is 0.0459. The number of aromatic nitrogens is 1. The molecule has 0 unspecified atom stereocenters. The van der Waals surface area contributed by atoms with Crippen molar-refractivity contribution in [3.05, 3.63) is 52.0 Å². The van der Waals surface area contributed by atoms with E-state index in [0.29, 0.717) is 13.0 Å². The normalized spacial score (nSPS) is 16.9. The summed E-state index contributed by atoms with van der Waals surface area (Å²) in [5.41, 5.74) is 7.40. The second kappa shape index (κ2) is 7.23. The van der Waals surface area contributed by atoms with Crippen LogP contribution < -0.4 is 11.1 Å². The van der Waals surface area contributed by atoms with Crippen LogP contribution in [0.2, 0.25) is 0 Å². The van der Waals surface area contributed by atoms with E-state index in [4.69, 9.17) is 5.73 Å². The van der Waals surface area contributed by atoms with Crippen molar-refractivity contribution in [2.75, 3.05) is 0 Å². The number of thiazole rings is 1. The lowest BCUT2D eigenvalue weighted by Crippen LogP contribution is -2.47. The second-order valence-electron chi connectivity index (χ2n) is 6.17. The van der Waals surface area contributed by atoms with Crippen LogP contribution in [0.15, 0.2) is 35.7 Å². The lowest BCUT2D eigenvalue weighted by atomic mass is 9.76. The molecular weight excluding hydrogens is 306 g/mol. The van der Waals surface area contributed by atoms with Gasteiger partial charge in [0.15, 0.2) is 0 Å². The number of benzene rings is 1. The maximum absolute atomic E-state index is 12.6. The lowest BCUT2D eigenvalue weighted by molar-refractivity contribution is -0.123. The molecule has 1 saturated carbocycles. The summed E-state index contributed by atoms with van der Waals surface area (Å²) in [6, 6.07) is 10.4. The van der Waals surface area contributed by atoms with Crippen molar-refractivity contribution < 1.29 is 4.79 Å². The third-order valence-electron chi connectivity index (χ3n) is 4.53. The minimum atomic E-state index is -0.219. The summed E-state index contributed by atoms with van der Waals surface area (Å²) < 4.78 is 0. The number of carbonyl (C=O) groups is 1. The standard InChI is InChI=1S/C18H23N3OS/c19-12-17-20-15(13-23-17)11-16(22)21-18(9-5-2-6-10-18)14-7-3-1-4-8-14/h1,3-4,7-8,13H,2,5-6,9-12,19H2,(H,21,22). The van der Waals surface area contributed by atoms with Crippen molar-refractivity contribution in [1.29, 1.82) is 0 Å². The van der Waals surface area contributed by atoms with Gasteiger partial charge in [-0.05, 0) is 18.4 Å². The number of nitrogens with zero attached hydrogens (tertiary/aromatic N) is 1. The first-order chi connectivity index (χ1) is 11.2. The van der Waals surface area contributed by atoms with Crippen LogP contribution in [-0.2, 0) is 23.3 Å². The molecule has 1 aromatic heterocycles. The van der Waals surface area contributed by atoms with Crippen molar-refractivity contribution in [2.24, 2.45) is 5.73 Å². The lowest BCUT2D eigenvalue weighted by Gasteiger charge is -2.38. The number of nitrogens with one attached hydrogen (secondary N) is 1. The third-order valence-corrected chi connectivity index (χ3v) is 5.45. The Morgan fingerprint density at radius 3 is 2.61 bits per heavy atom. The minimum absolute atomic E-state index is 0.0459. The molecule has 0 saturated heterocycles. The van der Waals surface area contributed by atoms with Crippen molar-refractivity contribution in [3.63, 3.8) is 0 Å². The van der Waals surface area contributed by atoms with Crippen LogP contribution in [-0.4, -0.2) is 10.9 Å². The van der Waals surface area contributed by atoms with Gasteiger partial charge >= 0.3 is 0 Å². The molecule has 5 heteroatoms. The molecule has 122 valence electrons. The predicted molar refractivity (Wildman–Crippen MR) is 93.1 cm³/mol. The molecule has 0 radical (unpaired) electrons. The zero-order valence-electron chi connectivity index (χ0n) is 13.3. The van der Waals surface area contributed by atoms with Gasteiger partial charge in [-0.3, -0.25) is 4.79 Å². The summed E-state index contributed by atoms with van der Waals surface area (Å²) >= 11 is 1.52. The molecule has 2 aromatic rings. The molecule has 0 spiro atoms. The van der Waals surface area contributed by atoms with Crippen molar-refractivity contribution in [3.8, 4) is 0 Å². The number of hydrogen-bond donors (Lipinski definition) is 2. The van der Waals surface area contributed by atoms with Gasteiger partial charge in [0.1, 0.15) is 5.01 Å². The average Bonchev–Trinajstić information content (AvgIpc) is 3.04. The second-order valence-corrected chi connectivity index (χ2v) is 7.11. The number of nitrogens with two attached hydrogens (primary N) is 1. The smallest absolute Gasteiger partial charge is 0.226 e. The quantitative estimate of drug-likeness (QED) is 0.885. The Hall–Kier alpha value is -1.72. The van der Waals surface area contributed by atoms with Gasteiger partial charge in [-0.25, -0.2) is 4.98 Å². The maximum atomic E-state index is 12.6. The van der Waals surface area contributed by atoms with Crippen LogP contribution in [0.4, 0.5) is 0 Å². The van der Waals surface area contributed by atoms with Gasteiger partial charge in [-0.2, -0.15) is 0 Å². The van der Waals surface area contributed by atoms with E-state index < -0.39 is 0 Å². The Morgan fingerprint density at radius 1 is 1.22 bits per heavy atom. The first-order valence-corrected chi connectivity index (χ1v) is 9.10. The van der Waals surface area contributed by atoms with E-state index in [1.54, 1.807) is 0 Å². The molecule has 0 atom stereocenters. The van der Waals surface area contributed by atoms with Crippen LogP contribution in [0.5, 0.6) is 0 Å². The Bertz CT molecular complexity index is 647.